The monoisotopic (exact) mass is 316 g/mol. The van der Waals surface area contributed by atoms with Gasteiger partial charge in [-0.3, -0.25) is 14.4 Å². The lowest BCUT2D eigenvalue weighted by atomic mass is 9.95. The van der Waals surface area contributed by atoms with Crippen molar-refractivity contribution in [1.29, 1.82) is 0 Å². The highest BCUT2D eigenvalue weighted by molar-refractivity contribution is 5.72. The molecular formula is C16H28O6. The van der Waals surface area contributed by atoms with Gasteiger partial charge in [-0.1, -0.05) is 44.9 Å². The van der Waals surface area contributed by atoms with E-state index in [0.717, 1.165) is 51.4 Å². The van der Waals surface area contributed by atoms with Gasteiger partial charge in [0.1, 0.15) is 0 Å². The fraction of sp³-hybridized carbons (Fsp3) is 0.812. The molecule has 0 aliphatic rings. The molecule has 0 rings (SSSR count). The first-order valence-corrected chi connectivity index (χ1v) is 8.10. The number of carboxylic acids is 3. The van der Waals surface area contributed by atoms with Crippen molar-refractivity contribution in [1.82, 2.24) is 0 Å². The standard InChI is InChI=1S/C16H28O6/c17-14(18)10-8-6-4-2-1-3-5-7-9-13(16(21)22)11-12-15(19)20/h13H,1-12H2,(H,17,18)(H,19,20)(H,21,22). The van der Waals surface area contributed by atoms with Gasteiger partial charge in [-0.15, -0.1) is 0 Å². The molecule has 0 aromatic heterocycles. The molecule has 0 bridgehead atoms. The summed E-state index contributed by atoms with van der Waals surface area (Å²) in [5.74, 6) is -3.14. The van der Waals surface area contributed by atoms with E-state index in [2.05, 4.69) is 0 Å². The minimum Gasteiger partial charge on any atom is -0.481 e. The van der Waals surface area contributed by atoms with Gasteiger partial charge in [0.15, 0.2) is 0 Å². The highest BCUT2D eigenvalue weighted by Crippen LogP contribution is 2.17. The van der Waals surface area contributed by atoms with Crippen molar-refractivity contribution in [2.75, 3.05) is 0 Å². The molecule has 0 aromatic rings. The van der Waals surface area contributed by atoms with Crippen LogP contribution in [0.25, 0.3) is 0 Å². The van der Waals surface area contributed by atoms with Crippen LogP contribution in [0.5, 0.6) is 0 Å². The van der Waals surface area contributed by atoms with Gasteiger partial charge < -0.3 is 15.3 Å². The van der Waals surface area contributed by atoms with Gasteiger partial charge in [0.2, 0.25) is 0 Å². The molecule has 0 fully saturated rings. The van der Waals surface area contributed by atoms with Crippen molar-refractivity contribution in [3.63, 3.8) is 0 Å². The molecule has 0 spiro atoms. The Bertz CT molecular complexity index is 340. The third kappa shape index (κ3) is 13.4. The number of rotatable bonds is 15. The average molecular weight is 316 g/mol. The van der Waals surface area contributed by atoms with E-state index in [1.807, 2.05) is 0 Å². The minimum atomic E-state index is -0.950. The summed E-state index contributed by atoms with van der Waals surface area (Å²) in [6.45, 7) is 0. The lowest BCUT2D eigenvalue weighted by Crippen LogP contribution is -2.15. The number of carbonyl (C=O) groups is 3. The topological polar surface area (TPSA) is 112 Å². The Labute approximate surface area is 131 Å². The van der Waals surface area contributed by atoms with Gasteiger partial charge >= 0.3 is 17.9 Å². The lowest BCUT2D eigenvalue weighted by Gasteiger charge is -2.10. The van der Waals surface area contributed by atoms with E-state index in [9.17, 15) is 14.4 Å². The van der Waals surface area contributed by atoms with E-state index in [-0.39, 0.29) is 19.3 Å². The number of hydrogen-bond acceptors (Lipinski definition) is 3. The van der Waals surface area contributed by atoms with E-state index in [1.165, 1.54) is 0 Å². The summed E-state index contributed by atoms with van der Waals surface area (Å²) in [4.78, 5) is 31.8. The van der Waals surface area contributed by atoms with Crippen LogP contribution in [0, 0.1) is 5.92 Å². The molecule has 3 N–H and O–H groups in total. The third-order valence-corrected chi connectivity index (χ3v) is 3.75. The van der Waals surface area contributed by atoms with Crippen molar-refractivity contribution in [3.8, 4) is 0 Å². The van der Waals surface area contributed by atoms with E-state index in [0.29, 0.717) is 6.42 Å². The fourth-order valence-electron chi connectivity index (χ4n) is 2.42. The molecule has 1 atom stereocenters. The highest BCUT2D eigenvalue weighted by Gasteiger charge is 2.17. The van der Waals surface area contributed by atoms with Gasteiger partial charge in [0.05, 0.1) is 5.92 Å². The zero-order valence-corrected chi connectivity index (χ0v) is 13.1. The molecular weight excluding hydrogens is 288 g/mol. The number of unbranched alkanes of at least 4 members (excludes halogenated alkanes) is 7. The third-order valence-electron chi connectivity index (χ3n) is 3.75. The quantitative estimate of drug-likeness (QED) is 0.398. The number of aliphatic carboxylic acids is 3. The molecule has 22 heavy (non-hydrogen) atoms. The van der Waals surface area contributed by atoms with Gasteiger partial charge in [-0.25, -0.2) is 0 Å². The van der Waals surface area contributed by atoms with Gasteiger partial charge in [0.25, 0.3) is 0 Å². The van der Waals surface area contributed by atoms with Crippen LogP contribution in [0.2, 0.25) is 0 Å². The van der Waals surface area contributed by atoms with Crippen molar-refractivity contribution in [2.45, 2.75) is 77.0 Å². The Morgan fingerprint density at radius 2 is 1.05 bits per heavy atom. The molecule has 0 amide bonds. The second-order valence-corrected chi connectivity index (χ2v) is 5.73. The molecule has 128 valence electrons. The predicted octanol–water partition coefficient (Wildman–Crippen LogP) is 3.54. The van der Waals surface area contributed by atoms with Crippen LogP contribution in [0.3, 0.4) is 0 Å². The summed E-state index contributed by atoms with van der Waals surface area (Å²) in [6.07, 6.45) is 8.62. The summed E-state index contributed by atoms with van der Waals surface area (Å²) < 4.78 is 0. The highest BCUT2D eigenvalue weighted by atomic mass is 16.4. The Morgan fingerprint density at radius 1 is 0.591 bits per heavy atom. The summed E-state index contributed by atoms with van der Waals surface area (Å²) in [7, 11) is 0. The largest absolute Gasteiger partial charge is 0.481 e. The maximum Gasteiger partial charge on any atom is 0.306 e. The average Bonchev–Trinajstić information content (AvgIpc) is 2.42. The fourth-order valence-corrected chi connectivity index (χ4v) is 2.42. The van der Waals surface area contributed by atoms with Crippen LogP contribution < -0.4 is 0 Å². The molecule has 0 aliphatic carbocycles. The number of carboxylic acid groups (broad SMARTS) is 3. The molecule has 0 aliphatic heterocycles. The van der Waals surface area contributed by atoms with Gasteiger partial charge in [-0.2, -0.15) is 0 Å². The molecule has 0 saturated heterocycles. The van der Waals surface area contributed by atoms with Crippen LogP contribution in [0.4, 0.5) is 0 Å². The molecule has 0 aromatic carbocycles. The zero-order valence-electron chi connectivity index (χ0n) is 13.1. The van der Waals surface area contributed by atoms with E-state index >= 15 is 0 Å². The van der Waals surface area contributed by atoms with Crippen molar-refractivity contribution in [2.24, 2.45) is 5.92 Å². The Kier molecular flexibility index (Phi) is 12.2. The van der Waals surface area contributed by atoms with Crippen molar-refractivity contribution in [3.05, 3.63) is 0 Å². The Morgan fingerprint density at radius 3 is 1.50 bits per heavy atom. The Balaban J connectivity index is 3.47. The number of hydrogen-bond donors (Lipinski definition) is 3. The SMILES string of the molecule is O=C(O)CCCCCCCCCCC(CCC(=O)O)C(=O)O. The molecule has 0 saturated carbocycles. The zero-order chi connectivity index (χ0) is 16.8. The molecule has 0 radical (unpaired) electrons. The maximum absolute atomic E-state index is 11.0. The van der Waals surface area contributed by atoms with Crippen LogP contribution in [0.15, 0.2) is 0 Å². The first kappa shape index (κ1) is 20.4. The van der Waals surface area contributed by atoms with Crippen LogP contribution in [0.1, 0.15) is 77.0 Å². The van der Waals surface area contributed by atoms with Crippen LogP contribution in [-0.2, 0) is 14.4 Å². The molecule has 6 heteroatoms. The van der Waals surface area contributed by atoms with Crippen molar-refractivity contribution < 1.29 is 29.7 Å². The second kappa shape index (κ2) is 13.1. The summed E-state index contributed by atoms with van der Waals surface area (Å²) in [5.41, 5.74) is 0. The minimum absolute atomic E-state index is 0.0900. The van der Waals surface area contributed by atoms with E-state index < -0.39 is 23.8 Å². The Hall–Kier alpha value is -1.59. The summed E-state index contributed by atoms with van der Waals surface area (Å²) in [6, 6.07) is 0. The molecule has 0 heterocycles. The van der Waals surface area contributed by atoms with Crippen molar-refractivity contribution >= 4 is 17.9 Å². The van der Waals surface area contributed by atoms with E-state index in [1.54, 1.807) is 0 Å². The first-order valence-electron chi connectivity index (χ1n) is 8.10. The summed E-state index contributed by atoms with van der Waals surface area (Å²) >= 11 is 0. The normalized spacial score (nSPS) is 12.0. The maximum atomic E-state index is 11.0. The van der Waals surface area contributed by atoms with E-state index in [4.69, 9.17) is 15.3 Å². The van der Waals surface area contributed by atoms with Crippen LogP contribution in [-0.4, -0.2) is 33.2 Å². The molecule has 6 nitrogen and oxygen atoms in total. The van der Waals surface area contributed by atoms with Gasteiger partial charge in [-0.05, 0) is 19.3 Å². The van der Waals surface area contributed by atoms with Gasteiger partial charge in [0, 0.05) is 12.8 Å². The smallest absolute Gasteiger partial charge is 0.306 e. The second-order valence-electron chi connectivity index (χ2n) is 5.73. The lowest BCUT2D eigenvalue weighted by molar-refractivity contribution is -0.143. The molecule has 1 unspecified atom stereocenters. The van der Waals surface area contributed by atoms with Crippen LogP contribution >= 0.6 is 0 Å². The predicted molar refractivity (Wildman–Crippen MR) is 81.8 cm³/mol. The first-order chi connectivity index (χ1) is 10.4. The summed E-state index contributed by atoms with van der Waals surface area (Å²) in [5, 5.41) is 26.1.